The number of carbonyl (C=O) groups is 2. The zero-order valence-corrected chi connectivity index (χ0v) is 9.42. The van der Waals surface area contributed by atoms with E-state index in [1.54, 1.807) is 6.07 Å². The Labute approximate surface area is 104 Å². The number of hydrogen-bond acceptors (Lipinski definition) is 3. The van der Waals surface area contributed by atoms with Crippen LogP contribution in [0.5, 0.6) is 0 Å². The SMILES string of the molecule is O=C([O-])/C=C/C(=O)Nc1ccc2ccccc2c1. The maximum absolute atomic E-state index is 11.4. The summed E-state index contributed by atoms with van der Waals surface area (Å²) < 4.78 is 0. The standard InChI is InChI=1S/C14H11NO3/c16-13(7-8-14(17)18)15-12-6-5-10-3-1-2-4-11(10)9-12/h1-9H,(H,15,16)(H,17,18)/p-1/b8-7+. The first-order chi connectivity index (χ1) is 8.65. The molecule has 4 heteroatoms. The van der Waals surface area contributed by atoms with Crippen LogP contribution in [0.25, 0.3) is 10.8 Å². The Kier molecular flexibility index (Phi) is 3.38. The first-order valence-corrected chi connectivity index (χ1v) is 5.34. The van der Waals surface area contributed by atoms with Crippen molar-refractivity contribution in [2.75, 3.05) is 5.32 Å². The van der Waals surface area contributed by atoms with Crippen molar-refractivity contribution in [2.24, 2.45) is 0 Å². The molecule has 0 spiro atoms. The van der Waals surface area contributed by atoms with Gasteiger partial charge < -0.3 is 15.2 Å². The smallest absolute Gasteiger partial charge is 0.248 e. The molecule has 2 rings (SSSR count). The third kappa shape index (κ3) is 2.95. The van der Waals surface area contributed by atoms with E-state index in [1.165, 1.54) is 0 Å². The van der Waals surface area contributed by atoms with Crippen LogP contribution in [0.4, 0.5) is 5.69 Å². The predicted molar refractivity (Wildman–Crippen MR) is 66.7 cm³/mol. The lowest BCUT2D eigenvalue weighted by atomic mass is 10.1. The summed E-state index contributed by atoms with van der Waals surface area (Å²) in [6.45, 7) is 0. The van der Waals surface area contributed by atoms with Gasteiger partial charge >= 0.3 is 0 Å². The first-order valence-electron chi connectivity index (χ1n) is 5.34. The van der Waals surface area contributed by atoms with Crippen molar-refractivity contribution in [1.29, 1.82) is 0 Å². The van der Waals surface area contributed by atoms with Crippen LogP contribution in [0.3, 0.4) is 0 Å². The lowest BCUT2D eigenvalue weighted by Crippen LogP contribution is -2.20. The Balaban J connectivity index is 2.17. The van der Waals surface area contributed by atoms with Crippen LogP contribution in [-0.4, -0.2) is 11.9 Å². The molecule has 0 aliphatic carbocycles. The van der Waals surface area contributed by atoms with Crippen molar-refractivity contribution < 1.29 is 14.7 Å². The van der Waals surface area contributed by atoms with E-state index in [-0.39, 0.29) is 0 Å². The number of carboxylic acid groups (broad SMARTS) is 1. The molecule has 1 amide bonds. The number of carboxylic acids is 1. The number of fused-ring (bicyclic) bond motifs is 1. The average Bonchev–Trinajstić information content (AvgIpc) is 2.36. The molecule has 0 aliphatic rings. The fourth-order valence-electron chi connectivity index (χ4n) is 1.59. The Morgan fingerprint density at radius 2 is 1.72 bits per heavy atom. The van der Waals surface area contributed by atoms with Gasteiger partial charge in [0, 0.05) is 11.8 Å². The van der Waals surface area contributed by atoms with Crippen LogP contribution in [-0.2, 0) is 9.59 Å². The van der Waals surface area contributed by atoms with Gasteiger partial charge in [-0.25, -0.2) is 0 Å². The summed E-state index contributed by atoms with van der Waals surface area (Å²) in [5.41, 5.74) is 0.613. The number of nitrogens with one attached hydrogen (secondary N) is 1. The van der Waals surface area contributed by atoms with Crippen molar-refractivity contribution in [1.82, 2.24) is 0 Å². The van der Waals surface area contributed by atoms with E-state index in [2.05, 4.69) is 5.32 Å². The summed E-state index contributed by atoms with van der Waals surface area (Å²) >= 11 is 0. The molecule has 0 aliphatic heterocycles. The number of hydrogen-bond donors (Lipinski definition) is 1. The van der Waals surface area contributed by atoms with E-state index >= 15 is 0 Å². The topological polar surface area (TPSA) is 69.2 Å². The highest BCUT2D eigenvalue weighted by molar-refractivity contribution is 6.03. The zero-order chi connectivity index (χ0) is 13.0. The Morgan fingerprint density at radius 1 is 1.00 bits per heavy atom. The first kappa shape index (κ1) is 11.9. The largest absolute Gasteiger partial charge is 0.545 e. The number of carbonyl (C=O) groups excluding carboxylic acids is 2. The molecule has 90 valence electrons. The molecule has 0 radical (unpaired) electrons. The summed E-state index contributed by atoms with van der Waals surface area (Å²) in [6.07, 6.45) is 1.61. The molecule has 0 fully saturated rings. The average molecular weight is 240 g/mol. The second-order valence-corrected chi connectivity index (χ2v) is 3.70. The summed E-state index contributed by atoms with van der Waals surface area (Å²) in [5, 5.41) is 14.8. The third-order valence-corrected chi connectivity index (χ3v) is 2.39. The van der Waals surface area contributed by atoms with Gasteiger partial charge in [0.2, 0.25) is 5.91 Å². The maximum atomic E-state index is 11.4. The quantitative estimate of drug-likeness (QED) is 0.816. The van der Waals surface area contributed by atoms with Gasteiger partial charge in [0.25, 0.3) is 0 Å². The van der Waals surface area contributed by atoms with Crippen LogP contribution in [0, 0.1) is 0 Å². The fourth-order valence-corrected chi connectivity index (χ4v) is 1.59. The summed E-state index contributed by atoms with van der Waals surface area (Å²) in [6, 6.07) is 13.2. The number of rotatable bonds is 3. The van der Waals surface area contributed by atoms with Crippen LogP contribution in [0.1, 0.15) is 0 Å². The minimum Gasteiger partial charge on any atom is -0.545 e. The molecule has 0 unspecified atom stereocenters. The molecule has 0 heterocycles. The van der Waals surface area contributed by atoms with Crippen LogP contribution in [0.15, 0.2) is 54.6 Å². The second kappa shape index (κ2) is 5.14. The normalized spacial score (nSPS) is 10.7. The highest BCUT2D eigenvalue weighted by atomic mass is 16.4. The number of amides is 1. The summed E-state index contributed by atoms with van der Waals surface area (Å²) in [4.78, 5) is 21.5. The number of anilines is 1. The second-order valence-electron chi connectivity index (χ2n) is 3.70. The Hall–Kier alpha value is -2.62. The lowest BCUT2D eigenvalue weighted by Gasteiger charge is -2.04. The van der Waals surface area contributed by atoms with Crippen molar-refractivity contribution in [3.8, 4) is 0 Å². The van der Waals surface area contributed by atoms with Gasteiger partial charge in [0.1, 0.15) is 0 Å². The highest BCUT2D eigenvalue weighted by Crippen LogP contribution is 2.18. The minimum absolute atomic E-state index is 0.505. The van der Waals surface area contributed by atoms with E-state index in [9.17, 15) is 14.7 Å². The molecule has 0 bridgehead atoms. The molecule has 0 saturated heterocycles. The van der Waals surface area contributed by atoms with Crippen molar-refractivity contribution in [3.05, 3.63) is 54.6 Å². The highest BCUT2D eigenvalue weighted by Gasteiger charge is 1.99. The van der Waals surface area contributed by atoms with E-state index in [0.29, 0.717) is 11.8 Å². The van der Waals surface area contributed by atoms with Gasteiger partial charge in [0.05, 0.1) is 5.97 Å². The van der Waals surface area contributed by atoms with Crippen molar-refractivity contribution in [2.45, 2.75) is 0 Å². The van der Waals surface area contributed by atoms with Gasteiger partial charge in [-0.2, -0.15) is 0 Å². The van der Waals surface area contributed by atoms with Crippen LogP contribution < -0.4 is 10.4 Å². The lowest BCUT2D eigenvalue weighted by molar-refractivity contribution is -0.297. The van der Waals surface area contributed by atoms with Gasteiger partial charge in [-0.3, -0.25) is 4.79 Å². The maximum Gasteiger partial charge on any atom is 0.248 e. The van der Waals surface area contributed by atoms with Gasteiger partial charge in [0.15, 0.2) is 0 Å². The molecule has 18 heavy (non-hydrogen) atoms. The monoisotopic (exact) mass is 240 g/mol. The van der Waals surface area contributed by atoms with Crippen LogP contribution in [0.2, 0.25) is 0 Å². The van der Waals surface area contributed by atoms with Gasteiger partial charge in [-0.15, -0.1) is 0 Å². The molecule has 0 saturated carbocycles. The molecular weight excluding hydrogens is 230 g/mol. The Bertz CT molecular complexity index is 632. The third-order valence-electron chi connectivity index (χ3n) is 2.39. The number of aliphatic carboxylic acids is 1. The van der Waals surface area contributed by atoms with Gasteiger partial charge in [-0.1, -0.05) is 30.3 Å². The molecule has 4 nitrogen and oxygen atoms in total. The molecule has 0 atom stereocenters. The van der Waals surface area contributed by atoms with Crippen molar-refractivity contribution in [3.63, 3.8) is 0 Å². The van der Waals surface area contributed by atoms with E-state index < -0.39 is 11.9 Å². The zero-order valence-electron chi connectivity index (χ0n) is 9.42. The fraction of sp³-hybridized carbons (Fsp3) is 0. The van der Waals surface area contributed by atoms with E-state index in [4.69, 9.17) is 0 Å². The Morgan fingerprint density at radius 3 is 2.44 bits per heavy atom. The molecule has 2 aromatic rings. The summed E-state index contributed by atoms with van der Waals surface area (Å²) in [5.74, 6) is -1.90. The van der Waals surface area contributed by atoms with E-state index in [1.807, 2.05) is 36.4 Å². The molecular formula is C14H10NO3-. The van der Waals surface area contributed by atoms with Gasteiger partial charge in [-0.05, 0) is 29.0 Å². The molecule has 1 N–H and O–H groups in total. The molecule has 0 aromatic heterocycles. The van der Waals surface area contributed by atoms with Crippen molar-refractivity contribution >= 4 is 28.3 Å². The summed E-state index contributed by atoms with van der Waals surface area (Å²) in [7, 11) is 0. The number of benzene rings is 2. The molecule has 2 aromatic carbocycles. The van der Waals surface area contributed by atoms with Crippen LogP contribution >= 0.6 is 0 Å². The predicted octanol–water partition coefficient (Wildman–Crippen LogP) is 1.08. The van der Waals surface area contributed by atoms with E-state index in [0.717, 1.165) is 16.8 Å². The minimum atomic E-state index is -1.40.